The minimum atomic E-state index is -3.27. The van der Waals surface area contributed by atoms with Gasteiger partial charge in [0.1, 0.15) is 5.75 Å². The first kappa shape index (κ1) is 20.4. The molecule has 0 spiro atoms. The van der Waals surface area contributed by atoms with Gasteiger partial charge in [0.25, 0.3) is 0 Å². The number of piperidine rings is 1. The number of rotatable bonds is 6. The average molecular weight is 403 g/mol. The molecule has 3 rings (SSSR count). The molecule has 1 amide bonds. The van der Waals surface area contributed by atoms with Crippen molar-refractivity contribution in [1.82, 2.24) is 4.31 Å². The molecule has 1 fully saturated rings. The first-order valence-corrected chi connectivity index (χ1v) is 11.0. The molecule has 1 N–H and O–H groups in total. The number of sulfonamides is 1. The van der Waals surface area contributed by atoms with E-state index in [2.05, 4.69) is 5.32 Å². The predicted octanol–water partition coefficient (Wildman–Crippen LogP) is 3.02. The Hall–Kier alpha value is -2.38. The molecule has 0 atom stereocenters. The third kappa shape index (κ3) is 3.91. The zero-order chi connectivity index (χ0) is 20.2. The third-order valence-electron chi connectivity index (χ3n) is 5.45. The van der Waals surface area contributed by atoms with E-state index in [1.807, 2.05) is 42.5 Å². The van der Waals surface area contributed by atoms with Gasteiger partial charge in [-0.15, -0.1) is 0 Å². The summed E-state index contributed by atoms with van der Waals surface area (Å²) < 4.78 is 31.3. The van der Waals surface area contributed by atoms with Crippen molar-refractivity contribution in [2.45, 2.75) is 25.2 Å². The van der Waals surface area contributed by atoms with E-state index in [9.17, 15) is 13.2 Å². The number of para-hydroxylation sites is 2. The van der Waals surface area contributed by atoms with E-state index in [-0.39, 0.29) is 11.7 Å². The minimum Gasteiger partial charge on any atom is -0.495 e. The Kier molecular flexibility index (Phi) is 6.05. The molecule has 0 aliphatic carbocycles. The van der Waals surface area contributed by atoms with Crippen molar-refractivity contribution < 1.29 is 17.9 Å². The van der Waals surface area contributed by atoms with E-state index >= 15 is 0 Å². The number of benzene rings is 2. The van der Waals surface area contributed by atoms with Crippen molar-refractivity contribution in [3.8, 4) is 5.75 Å². The van der Waals surface area contributed by atoms with Gasteiger partial charge < -0.3 is 10.1 Å². The standard InChI is InChI=1S/C21H26N2O4S/c1-3-28(25,26)23-15-13-21(14-16-23,17-9-5-4-6-10-17)20(24)22-18-11-7-8-12-19(18)27-2/h4-12H,3,13-16H2,1-2H3,(H,22,24). The zero-order valence-corrected chi connectivity index (χ0v) is 17.0. The maximum Gasteiger partial charge on any atom is 0.235 e. The minimum absolute atomic E-state index is 0.0682. The molecule has 6 nitrogen and oxygen atoms in total. The smallest absolute Gasteiger partial charge is 0.235 e. The molecule has 150 valence electrons. The maximum atomic E-state index is 13.4. The van der Waals surface area contributed by atoms with Crippen LogP contribution < -0.4 is 10.1 Å². The lowest BCUT2D eigenvalue weighted by atomic mass is 9.72. The van der Waals surface area contributed by atoms with Gasteiger partial charge in [0.15, 0.2) is 0 Å². The molecule has 0 radical (unpaired) electrons. The van der Waals surface area contributed by atoms with Crippen LogP contribution in [0.3, 0.4) is 0 Å². The first-order valence-electron chi connectivity index (χ1n) is 9.41. The normalized spacial score (nSPS) is 17.1. The highest BCUT2D eigenvalue weighted by Gasteiger charge is 2.44. The van der Waals surface area contributed by atoms with E-state index in [0.29, 0.717) is 37.4 Å². The molecule has 0 aromatic heterocycles. The fourth-order valence-electron chi connectivity index (χ4n) is 3.72. The second-order valence-corrected chi connectivity index (χ2v) is 9.16. The lowest BCUT2D eigenvalue weighted by Crippen LogP contribution is -2.51. The number of carbonyl (C=O) groups excluding carboxylic acids is 1. The second-order valence-electron chi connectivity index (χ2n) is 6.90. The van der Waals surface area contributed by atoms with Gasteiger partial charge in [0, 0.05) is 13.1 Å². The average Bonchev–Trinajstić information content (AvgIpc) is 2.74. The molecule has 0 saturated carbocycles. The van der Waals surface area contributed by atoms with Gasteiger partial charge in [-0.3, -0.25) is 4.79 Å². The van der Waals surface area contributed by atoms with Crippen LogP contribution in [0.1, 0.15) is 25.3 Å². The maximum absolute atomic E-state index is 13.4. The molecule has 2 aromatic carbocycles. The summed E-state index contributed by atoms with van der Waals surface area (Å²) in [6.07, 6.45) is 0.856. The number of amides is 1. The topological polar surface area (TPSA) is 75.7 Å². The van der Waals surface area contributed by atoms with Crippen molar-refractivity contribution in [2.24, 2.45) is 0 Å². The third-order valence-corrected chi connectivity index (χ3v) is 7.33. The predicted molar refractivity (Wildman–Crippen MR) is 110 cm³/mol. The summed E-state index contributed by atoms with van der Waals surface area (Å²) in [6.45, 7) is 2.29. The van der Waals surface area contributed by atoms with Crippen LogP contribution in [0.5, 0.6) is 5.75 Å². The van der Waals surface area contributed by atoms with Crippen molar-refractivity contribution in [1.29, 1.82) is 0 Å². The Morgan fingerprint density at radius 2 is 1.68 bits per heavy atom. The molecule has 0 bridgehead atoms. The highest BCUT2D eigenvalue weighted by atomic mass is 32.2. The van der Waals surface area contributed by atoms with Crippen LogP contribution in [0.25, 0.3) is 0 Å². The Labute approximate surface area is 166 Å². The number of nitrogens with zero attached hydrogens (tertiary/aromatic N) is 1. The van der Waals surface area contributed by atoms with Crippen molar-refractivity contribution >= 4 is 21.6 Å². The summed E-state index contributed by atoms with van der Waals surface area (Å²) in [5.74, 6) is 0.514. The van der Waals surface area contributed by atoms with E-state index < -0.39 is 15.4 Å². The first-order chi connectivity index (χ1) is 13.4. The Morgan fingerprint density at radius 3 is 2.29 bits per heavy atom. The lowest BCUT2D eigenvalue weighted by Gasteiger charge is -2.40. The van der Waals surface area contributed by atoms with Crippen LogP contribution in [0.2, 0.25) is 0 Å². The summed E-state index contributed by atoms with van der Waals surface area (Å²) in [5.41, 5.74) is 0.715. The lowest BCUT2D eigenvalue weighted by molar-refractivity contribution is -0.123. The number of anilines is 1. The van der Waals surface area contributed by atoms with Gasteiger partial charge in [-0.05, 0) is 37.5 Å². The molecule has 2 aromatic rings. The van der Waals surface area contributed by atoms with E-state index in [1.165, 1.54) is 4.31 Å². The Morgan fingerprint density at radius 1 is 1.07 bits per heavy atom. The second kappa shape index (κ2) is 8.32. The quantitative estimate of drug-likeness (QED) is 0.806. The molecule has 7 heteroatoms. The molecule has 1 aliphatic heterocycles. The number of hydrogen-bond donors (Lipinski definition) is 1. The van der Waals surface area contributed by atoms with Gasteiger partial charge in [0.2, 0.25) is 15.9 Å². The fourth-order valence-corrected chi connectivity index (χ4v) is 4.83. The monoisotopic (exact) mass is 402 g/mol. The van der Waals surface area contributed by atoms with Gasteiger partial charge in [-0.1, -0.05) is 42.5 Å². The van der Waals surface area contributed by atoms with Crippen LogP contribution in [-0.4, -0.2) is 44.6 Å². The number of nitrogens with one attached hydrogen (secondary N) is 1. The van der Waals surface area contributed by atoms with Crippen molar-refractivity contribution in [3.63, 3.8) is 0 Å². The van der Waals surface area contributed by atoms with E-state index in [1.54, 1.807) is 26.2 Å². The van der Waals surface area contributed by atoms with Gasteiger partial charge in [0.05, 0.1) is 24.0 Å². The van der Waals surface area contributed by atoms with Gasteiger partial charge in [-0.2, -0.15) is 0 Å². The summed E-state index contributed by atoms with van der Waals surface area (Å²) in [5, 5.41) is 3.01. The molecule has 1 saturated heterocycles. The number of carbonyl (C=O) groups is 1. The van der Waals surface area contributed by atoms with Crippen LogP contribution in [0, 0.1) is 0 Å². The van der Waals surface area contributed by atoms with E-state index in [0.717, 1.165) is 5.56 Å². The summed E-state index contributed by atoms with van der Waals surface area (Å²) in [4.78, 5) is 13.4. The zero-order valence-electron chi connectivity index (χ0n) is 16.2. The largest absolute Gasteiger partial charge is 0.495 e. The molecule has 1 aliphatic rings. The molecule has 1 heterocycles. The summed E-state index contributed by atoms with van der Waals surface area (Å²) >= 11 is 0. The Balaban J connectivity index is 1.92. The Bertz CT molecular complexity index is 920. The number of hydrogen-bond acceptors (Lipinski definition) is 4. The van der Waals surface area contributed by atoms with Crippen molar-refractivity contribution in [3.05, 3.63) is 60.2 Å². The number of ether oxygens (including phenoxy) is 1. The van der Waals surface area contributed by atoms with Crippen LogP contribution in [-0.2, 0) is 20.2 Å². The molecular formula is C21H26N2O4S. The number of methoxy groups -OCH3 is 1. The van der Waals surface area contributed by atoms with Crippen molar-refractivity contribution in [2.75, 3.05) is 31.3 Å². The van der Waals surface area contributed by atoms with Gasteiger partial charge in [-0.25, -0.2) is 12.7 Å². The fraction of sp³-hybridized carbons (Fsp3) is 0.381. The van der Waals surface area contributed by atoms with Crippen LogP contribution >= 0.6 is 0 Å². The highest BCUT2D eigenvalue weighted by molar-refractivity contribution is 7.89. The van der Waals surface area contributed by atoms with Gasteiger partial charge >= 0.3 is 0 Å². The SMILES string of the molecule is CCS(=O)(=O)N1CCC(C(=O)Nc2ccccc2OC)(c2ccccc2)CC1. The summed E-state index contributed by atoms with van der Waals surface area (Å²) in [7, 11) is -1.71. The van der Waals surface area contributed by atoms with E-state index in [4.69, 9.17) is 4.74 Å². The van der Waals surface area contributed by atoms with Crippen LogP contribution in [0.15, 0.2) is 54.6 Å². The summed E-state index contributed by atoms with van der Waals surface area (Å²) in [6, 6.07) is 16.9. The molecule has 28 heavy (non-hydrogen) atoms. The van der Waals surface area contributed by atoms with Crippen LogP contribution in [0.4, 0.5) is 5.69 Å². The molecular weight excluding hydrogens is 376 g/mol. The molecule has 0 unspecified atom stereocenters. The highest BCUT2D eigenvalue weighted by Crippen LogP contribution is 2.38.